The SMILES string of the molecule is CCc1sc(C(CC)CC)nc1CO. The molecule has 0 saturated heterocycles. The molecule has 0 saturated carbocycles. The van der Waals surface area contributed by atoms with Crippen molar-refractivity contribution in [3.8, 4) is 0 Å². The van der Waals surface area contributed by atoms with Gasteiger partial charge in [0.05, 0.1) is 17.3 Å². The van der Waals surface area contributed by atoms with E-state index in [4.69, 9.17) is 5.11 Å². The maximum atomic E-state index is 9.13. The lowest BCUT2D eigenvalue weighted by Gasteiger charge is -2.06. The van der Waals surface area contributed by atoms with Crippen LogP contribution in [0.5, 0.6) is 0 Å². The second-order valence-electron chi connectivity index (χ2n) is 3.45. The van der Waals surface area contributed by atoms with E-state index in [9.17, 15) is 0 Å². The summed E-state index contributed by atoms with van der Waals surface area (Å²) < 4.78 is 0. The molecule has 0 aliphatic heterocycles. The summed E-state index contributed by atoms with van der Waals surface area (Å²) in [5.41, 5.74) is 0.888. The zero-order valence-corrected chi connectivity index (χ0v) is 10.0. The number of aromatic nitrogens is 1. The second kappa shape index (κ2) is 5.47. The van der Waals surface area contributed by atoms with Gasteiger partial charge in [0.1, 0.15) is 0 Å². The average molecular weight is 213 g/mol. The summed E-state index contributed by atoms with van der Waals surface area (Å²) >= 11 is 1.77. The van der Waals surface area contributed by atoms with E-state index in [0.717, 1.165) is 25.0 Å². The third-order valence-electron chi connectivity index (χ3n) is 2.60. The highest BCUT2D eigenvalue weighted by atomic mass is 32.1. The third kappa shape index (κ3) is 2.34. The van der Waals surface area contributed by atoms with Crippen molar-refractivity contribution in [3.63, 3.8) is 0 Å². The third-order valence-corrected chi connectivity index (χ3v) is 4.00. The van der Waals surface area contributed by atoms with Gasteiger partial charge in [0.25, 0.3) is 0 Å². The number of aliphatic hydroxyl groups excluding tert-OH is 1. The number of hydrogen-bond acceptors (Lipinski definition) is 3. The molecular formula is C11H19NOS. The fourth-order valence-corrected chi connectivity index (χ4v) is 2.90. The Morgan fingerprint density at radius 1 is 1.29 bits per heavy atom. The number of aryl methyl sites for hydroxylation is 1. The predicted octanol–water partition coefficient (Wildman–Crippen LogP) is 3.10. The summed E-state index contributed by atoms with van der Waals surface area (Å²) in [6, 6.07) is 0. The Labute approximate surface area is 90.0 Å². The molecule has 0 unspecified atom stereocenters. The summed E-state index contributed by atoms with van der Waals surface area (Å²) in [4.78, 5) is 5.75. The largest absolute Gasteiger partial charge is 0.390 e. The first-order chi connectivity index (χ1) is 6.76. The highest BCUT2D eigenvalue weighted by molar-refractivity contribution is 7.11. The molecule has 1 rings (SSSR count). The molecular weight excluding hydrogens is 194 g/mol. The molecule has 1 heterocycles. The minimum Gasteiger partial charge on any atom is -0.390 e. The van der Waals surface area contributed by atoms with Gasteiger partial charge in [-0.25, -0.2) is 4.98 Å². The molecule has 0 aliphatic carbocycles. The lowest BCUT2D eigenvalue weighted by molar-refractivity contribution is 0.276. The van der Waals surface area contributed by atoms with E-state index >= 15 is 0 Å². The van der Waals surface area contributed by atoms with E-state index in [1.54, 1.807) is 11.3 Å². The first-order valence-corrected chi connectivity index (χ1v) is 6.17. The fraction of sp³-hybridized carbons (Fsp3) is 0.727. The van der Waals surface area contributed by atoms with Crippen LogP contribution < -0.4 is 0 Å². The van der Waals surface area contributed by atoms with Crippen LogP contribution in [0.4, 0.5) is 0 Å². The molecule has 80 valence electrons. The van der Waals surface area contributed by atoms with Gasteiger partial charge in [0, 0.05) is 10.8 Å². The molecule has 1 aromatic heterocycles. The minimum atomic E-state index is 0.0832. The van der Waals surface area contributed by atoms with Crippen LogP contribution in [-0.2, 0) is 13.0 Å². The van der Waals surface area contributed by atoms with Gasteiger partial charge in [-0.05, 0) is 19.3 Å². The molecule has 0 spiro atoms. The average Bonchev–Trinajstić information content (AvgIpc) is 2.63. The monoisotopic (exact) mass is 213 g/mol. The standard InChI is InChI=1S/C11H19NOS/c1-4-8(5-2)11-12-9(7-13)10(6-3)14-11/h8,13H,4-7H2,1-3H3. The van der Waals surface area contributed by atoms with Gasteiger partial charge in [-0.2, -0.15) is 0 Å². The Kier molecular flexibility index (Phi) is 4.55. The summed E-state index contributed by atoms with van der Waals surface area (Å²) in [7, 11) is 0. The number of rotatable bonds is 5. The Hall–Kier alpha value is -0.410. The van der Waals surface area contributed by atoms with Crippen molar-refractivity contribution in [2.45, 2.75) is 52.6 Å². The van der Waals surface area contributed by atoms with E-state index in [1.165, 1.54) is 9.88 Å². The maximum absolute atomic E-state index is 9.13. The molecule has 0 fully saturated rings. The van der Waals surface area contributed by atoms with Gasteiger partial charge >= 0.3 is 0 Å². The van der Waals surface area contributed by atoms with Gasteiger partial charge in [-0.3, -0.25) is 0 Å². The zero-order chi connectivity index (χ0) is 10.6. The molecule has 0 amide bonds. The lowest BCUT2D eigenvalue weighted by atomic mass is 10.1. The van der Waals surface area contributed by atoms with Gasteiger partial charge in [-0.15, -0.1) is 11.3 Å². The lowest BCUT2D eigenvalue weighted by Crippen LogP contribution is -1.95. The number of thiazole rings is 1. The van der Waals surface area contributed by atoms with Crippen LogP contribution in [0.15, 0.2) is 0 Å². The van der Waals surface area contributed by atoms with Crippen molar-refractivity contribution in [1.29, 1.82) is 0 Å². The Balaban J connectivity index is 2.93. The Morgan fingerprint density at radius 2 is 1.93 bits per heavy atom. The number of aliphatic hydroxyl groups is 1. The molecule has 0 atom stereocenters. The summed E-state index contributed by atoms with van der Waals surface area (Å²) in [6.45, 7) is 6.59. The molecule has 3 heteroatoms. The van der Waals surface area contributed by atoms with E-state index in [-0.39, 0.29) is 6.61 Å². The van der Waals surface area contributed by atoms with Crippen molar-refractivity contribution >= 4 is 11.3 Å². The second-order valence-corrected chi connectivity index (χ2v) is 4.56. The quantitative estimate of drug-likeness (QED) is 0.815. The van der Waals surface area contributed by atoms with E-state index < -0.39 is 0 Å². The normalized spacial score (nSPS) is 11.2. The van der Waals surface area contributed by atoms with E-state index in [1.807, 2.05) is 0 Å². The van der Waals surface area contributed by atoms with Gasteiger partial charge in [0.15, 0.2) is 0 Å². The highest BCUT2D eigenvalue weighted by Gasteiger charge is 2.14. The topological polar surface area (TPSA) is 33.1 Å². The van der Waals surface area contributed by atoms with Crippen LogP contribution >= 0.6 is 11.3 Å². The maximum Gasteiger partial charge on any atom is 0.0962 e. The zero-order valence-electron chi connectivity index (χ0n) is 9.21. The van der Waals surface area contributed by atoms with Crippen molar-refractivity contribution < 1.29 is 5.11 Å². The Bertz CT molecular complexity index is 257. The first-order valence-electron chi connectivity index (χ1n) is 5.36. The van der Waals surface area contributed by atoms with Crippen LogP contribution in [0, 0.1) is 0 Å². The number of nitrogens with zero attached hydrogens (tertiary/aromatic N) is 1. The molecule has 0 aromatic carbocycles. The molecule has 14 heavy (non-hydrogen) atoms. The smallest absolute Gasteiger partial charge is 0.0962 e. The van der Waals surface area contributed by atoms with Crippen LogP contribution in [0.1, 0.15) is 55.1 Å². The van der Waals surface area contributed by atoms with Gasteiger partial charge in [0.2, 0.25) is 0 Å². The molecule has 1 aromatic rings. The molecule has 0 bridgehead atoms. The van der Waals surface area contributed by atoms with Gasteiger partial charge in [-0.1, -0.05) is 20.8 Å². The van der Waals surface area contributed by atoms with Crippen molar-refractivity contribution in [2.75, 3.05) is 0 Å². The van der Waals surface area contributed by atoms with E-state index in [0.29, 0.717) is 5.92 Å². The molecule has 1 N–H and O–H groups in total. The summed E-state index contributed by atoms with van der Waals surface area (Å²) in [6.07, 6.45) is 3.25. The van der Waals surface area contributed by atoms with Crippen LogP contribution in [-0.4, -0.2) is 10.1 Å². The predicted molar refractivity (Wildman–Crippen MR) is 60.7 cm³/mol. The van der Waals surface area contributed by atoms with E-state index in [2.05, 4.69) is 25.8 Å². The van der Waals surface area contributed by atoms with Crippen molar-refractivity contribution in [1.82, 2.24) is 4.98 Å². The van der Waals surface area contributed by atoms with Crippen molar-refractivity contribution in [3.05, 3.63) is 15.6 Å². The molecule has 0 radical (unpaired) electrons. The molecule has 2 nitrogen and oxygen atoms in total. The van der Waals surface area contributed by atoms with Crippen LogP contribution in [0.25, 0.3) is 0 Å². The van der Waals surface area contributed by atoms with Gasteiger partial charge < -0.3 is 5.11 Å². The summed E-state index contributed by atoms with van der Waals surface area (Å²) in [5.74, 6) is 0.575. The fourth-order valence-electron chi connectivity index (χ4n) is 1.62. The first kappa shape index (κ1) is 11.7. The van der Waals surface area contributed by atoms with Crippen molar-refractivity contribution in [2.24, 2.45) is 0 Å². The summed E-state index contributed by atoms with van der Waals surface area (Å²) in [5, 5.41) is 10.3. The molecule has 0 aliphatic rings. The minimum absolute atomic E-state index is 0.0832. The Morgan fingerprint density at radius 3 is 2.29 bits per heavy atom. The highest BCUT2D eigenvalue weighted by Crippen LogP contribution is 2.29. The van der Waals surface area contributed by atoms with Crippen LogP contribution in [0.3, 0.4) is 0 Å². The van der Waals surface area contributed by atoms with Crippen LogP contribution in [0.2, 0.25) is 0 Å². The number of hydrogen-bond donors (Lipinski definition) is 1.